The SMILES string of the molecule is C.C.CC(C)CCC[C@@H](C)[C@H]1CCC2C3CC=C4C[C@@H](OC(=O)NC/C=C/B5OC(C)(C)C(C)(C)O5)CC[C@]4(C)C3CC[C@@]21C. The molecular formula is C39H70BNO4. The van der Waals surface area contributed by atoms with Gasteiger partial charge in [-0.15, -0.1) is 0 Å². The summed E-state index contributed by atoms with van der Waals surface area (Å²) in [5.41, 5.74) is 1.64. The summed E-state index contributed by atoms with van der Waals surface area (Å²) in [6.07, 6.45) is 18.2. The maximum Gasteiger partial charge on any atom is 0.486 e. The monoisotopic (exact) mass is 628 g/mol. The highest BCUT2D eigenvalue weighted by Gasteiger charge is 2.59. The van der Waals surface area contributed by atoms with Crippen molar-refractivity contribution in [1.29, 1.82) is 0 Å². The number of carbonyl (C=O) groups is 1. The molecule has 8 atom stereocenters. The second kappa shape index (κ2) is 14.5. The molecule has 0 aromatic rings. The van der Waals surface area contributed by atoms with Gasteiger partial charge in [-0.2, -0.15) is 0 Å². The third-order valence-electron chi connectivity index (χ3n) is 13.5. The highest BCUT2D eigenvalue weighted by Crippen LogP contribution is 2.67. The first kappa shape index (κ1) is 38.2. The minimum absolute atomic E-state index is 0. The van der Waals surface area contributed by atoms with Crippen LogP contribution in [0.4, 0.5) is 4.79 Å². The zero-order valence-corrected chi connectivity index (χ0v) is 29.0. The van der Waals surface area contributed by atoms with Crippen molar-refractivity contribution in [3.63, 3.8) is 0 Å². The number of alkyl carbamates (subject to hydrolysis) is 1. The first-order chi connectivity index (χ1) is 20.2. The van der Waals surface area contributed by atoms with E-state index in [0.717, 1.165) is 54.8 Å². The van der Waals surface area contributed by atoms with Crippen molar-refractivity contribution < 1.29 is 18.8 Å². The highest BCUT2D eigenvalue weighted by atomic mass is 16.7. The van der Waals surface area contributed by atoms with Gasteiger partial charge >= 0.3 is 13.2 Å². The summed E-state index contributed by atoms with van der Waals surface area (Å²) < 4.78 is 17.9. The average Bonchev–Trinajstić information content (AvgIpc) is 3.37. The van der Waals surface area contributed by atoms with Crippen molar-refractivity contribution in [2.45, 2.75) is 165 Å². The predicted octanol–water partition coefficient (Wildman–Crippen LogP) is 10.6. The molecule has 1 amide bonds. The Hall–Kier alpha value is -1.27. The second-order valence-corrected chi connectivity index (χ2v) is 17.0. The van der Waals surface area contributed by atoms with E-state index in [0.29, 0.717) is 12.0 Å². The number of nitrogens with one attached hydrogen (secondary N) is 1. The summed E-state index contributed by atoms with van der Waals surface area (Å²) in [5, 5.41) is 2.90. The number of allylic oxidation sites excluding steroid dienone is 1. The summed E-state index contributed by atoms with van der Waals surface area (Å²) in [6.45, 7) is 21.1. The van der Waals surface area contributed by atoms with Crippen LogP contribution >= 0.6 is 0 Å². The van der Waals surface area contributed by atoms with Gasteiger partial charge in [0.05, 0.1) is 11.2 Å². The molecule has 0 aromatic carbocycles. The lowest BCUT2D eigenvalue weighted by atomic mass is 9.47. The van der Waals surface area contributed by atoms with Crippen LogP contribution in [-0.2, 0) is 14.0 Å². The van der Waals surface area contributed by atoms with Gasteiger partial charge in [-0.1, -0.05) is 92.4 Å². The number of ether oxygens (including phenoxy) is 1. The third kappa shape index (κ3) is 7.58. The first-order valence-corrected chi connectivity index (χ1v) is 17.8. The van der Waals surface area contributed by atoms with Gasteiger partial charge in [0, 0.05) is 13.0 Å². The lowest BCUT2D eigenvalue weighted by molar-refractivity contribution is -0.0581. The van der Waals surface area contributed by atoms with E-state index < -0.39 is 7.12 Å². The summed E-state index contributed by atoms with van der Waals surface area (Å²) in [6, 6.07) is 0. The minimum atomic E-state index is -0.396. The molecular weight excluding hydrogens is 557 g/mol. The van der Waals surface area contributed by atoms with Crippen LogP contribution in [0.1, 0.15) is 148 Å². The minimum Gasteiger partial charge on any atom is -0.446 e. The van der Waals surface area contributed by atoms with E-state index in [1.807, 2.05) is 39.7 Å². The standard InChI is InChI=1S/C37H62BNO4.2CH4/c1-25(2)12-10-13-26(3)30-16-17-31-29-15-14-27-24-28(18-20-36(27,8)32(29)19-21-37(30,31)9)41-33(40)39-23-11-22-38-42-34(4,5)35(6,7)43-38;;/h11,14,22,25-26,28-32H,10,12-13,15-21,23-24H2,1-9H3,(H,39,40);2*1H4/b22-11+;;/t26-,28+,29?,30-,31?,32?,36+,37-;;/m1../s1. The van der Waals surface area contributed by atoms with Gasteiger partial charge in [0.15, 0.2) is 0 Å². The maximum atomic E-state index is 12.7. The Labute approximate surface area is 278 Å². The molecule has 45 heavy (non-hydrogen) atoms. The smallest absolute Gasteiger partial charge is 0.446 e. The van der Waals surface area contributed by atoms with Crippen molar-refractivity contribution in [2.75, 3.05) is 6.54 Å². The Kier molecular flexibility index (Phi) is 12.3. The van der Waals surface area contributed by atoms with Gasteiger partial charge in [-0.25, -0.2) is 4.79 Å². The Balaban J connectivity index is 0.00000276. The molecule has 4 aliphatic carbocycles. The molecule has 0 radical (unpaired) electrons. The highest BCUT2D eigenvalue weighted by molar-refractivity contribution is 6.51. The van der Waals surface area contributed by atoms with E-state index in [9.17, 15) is 4.79 Å². The Bertz CT molecular complexity index is 1050. The number of rotatable bonds is 9. The van der Waals surface area contributed by atoms with E-state index in [4.69, 9.17) is 14.0 Å². The van der Waals surface area contributed by atoms with Gasteiger partial charge in [-0.3, -0.25) is 0 Å². The predicted molar refractivity (Wildman–Crippen MR) is 190 cm³/mol. The number of carbonyl (C=O) groups excluding carboxylic acids is 1. The Morgan fingerprint density at radius 2 is 1.67 bits per heavy atom. The molecule has 3 saturated carbocycles. The number of hydrogen-bond donors (Lipinski definition) is 1. The molecule has 0 bridgehead atoms. The molecule has 5 rings (SSSR count). The zero-order valence-electron chi connectivity index (χ0n) is 29.0. The van der Waals surface area contributed by atoms with Gasteiger partial charge in [0.2, 0.25) is 0 Å². The van der Waals surface area contributed by atoms with Crippen molar-refractivity contribution in [3.8, 4) is 0 Å². The van der Waals surface area contributed by atoms with Crippen LogP contribution in [0, 0.1) is 46.3 Å². The summed E-state index contributed by atoms with van der Waals surface area (Å²) >= 11 is 0. The van der Waals surface area contributed by atoms with Crippen LogP contribution < -0.4 is 5.32 Å². The normalized spacial score (nSPS) is 37.1. The molecule has 258 valence electrons. The second-order valence-electron chi connectivity index (χ2n) is 17.0. The molecule has 0 aromatic heterocycles. The zero-order chi connectivity index (χ0) is 31.2. The van der Waals surface area contributed by atoms with E-state index in [-0.39, 0.29) is 43.7 Å². The molecule has 1 aliphatic heterocycles. The van der Waals surface area contributed by atoms with E-state index >= 15 is 0 Å². The van der Waals surface area contributed by atoms with Crippen molar-refractivity contribution in [2.24, 2.45) is 46.3 Å². The first-order valence-electron chi connectivity index (χ1n) is 17.8. The van der Waals surface area contributed by atoms with Crippen molar-refractivity contribution in [1.82, 2.24) is 5.32 Å². The fraction of sp³-hybridized carbons (Fsp3) is 0.872. The quantitative estimate of drug-likeness (QED) is 0.204. The summed E-state index contributed by atoms with van der Waals surface area (Å²) in [5.74, 6) is 6.95. The van der Waals surface area contributed by atoms with Gasteiger partial charge in [0.25, 0.3) is 0 Å². The Morgan fingerprint density at radius 3 is 2.33 bits per heavy atom. The van der Waals surface area contributed by atoms with Crippen LogP contribution in [0.25, 0.3) is 0 Å². The molecule has 4 fully saturated rings. The van der Waals surface area contributed by atoms with Crippen LogP contribution in [-0.4, -0.2) is 37.1 Å². The van der Waals surface area contributed by atoms with Crippen LogP contribution in [0.3, 0.4) is 0 Å². The summed E-state index contributed by atoms with van der Waals surface area (Å²) in [4.78, 5) is 12.7. The molecule has 1 saturated heterocycles. The molecule has 1 heterocycles. The maximum absolute atomic E-state index is 12.7. The summed E-state index contributed by atoms with van der Waals surface area (Å²) in [7, 11) is -0.396. The van der Waals surface area contributed by atoms with Gasteiger partial charge < -0.3 is 19.4 Å². The van der Waals surface area contributed by atoms with E-state index in [1.165, 1.54) is 51.4 Å². The Morgan fingerprint density at radius 1 is 0.978 bits per heavy atom. The van der Waals surface area contributed by atoms with Crippen LogP contribution in [0.5, 0.6) is 0 Å². The average molecular weight is 628 g/mol. The van der Waals surface area contributed by atoms with E-state index in [1.54, 1.807) is 5.57 Å². The lowest BCUT2D eigenvalue weighted by Gasteiger charge is -2.58. The fourth-order valence-corrected chi connectivity index (χ4v) is 10.2. The molecule has 5 nitrogen and oxygen atoms in total. The number of fused-ring (bicyclic) bond motifs is 5. The third-order valence-corrected chi connectivity index (χ3v) is 13.5. The number of hydrogen-bond acceptors (Lipinski definition) is 4. The number of amides is 1. The van der Waals surface area contributed by atoms with Crippen molar-refractivity contribution in [3.05, 3.63) is 23.7 Å². The molecule has 6 heteroatoms. The lowest BCUT2D eigenvalue weighted by Crippen LogP contribution is -2.51. The van der Waals surface area contributed by atoms with Crippen LogP contribution in [0.15, 0.2) is 23.7 Å². The van der Waals surface area contributed by atoms with E-state index in [2.05, 4.69) is 46.0 Å². The largest absolute Gasteiger partial charge is 0.486 e. The van der Waals surface area contributed by atoms with Crippen LogP contribution in [0.2, 0.25) is 0 Å². The van der Waals surface area contributed by atoms with Crippen molar-refractivity contribution >= 4 is 13.2 Å². The van der Waals surface area contributed by atoms with Gasteiger partial charge in [0.1, 0.15) is 6.10 Å². The molecule has 5 aliphatic rings. The molecule has 0 spiro atoms. The molecule has 3 unspecified atom stereocenters. The topological polar surface area (TPSA) is 56.8 Å². The fourth-order valence-electron chi connectivity index (χ4n) is 10.2. The molecule has 1 N–H and O–H groups in total. The van der Waals surface area contributed by atoms with Gasteiger partial charge in [-0.05, 0) is 119 Å².